The second-order valence-corrected chi connectivity index (χ2v) is 4.59. The largest absolute Gasteiger partial charge is 0.356 e. The third-order valence-electron chi connectivity index (χ3n) is 2.49. The molecule has 1 unspecified atom stereocenters. The van der Waals surface area contributed by atoms with Gasteiger partial charge < -0.3 is 9.88 Å². The third kappa shape index (κ3) is 2.52. The van der Waals surface area contributed by atoms with Gasteiger partial charge in [-0.1, -0.05) is 6.92 Å². The number of anilines is 1. The van der Waals surface area contributed by atoms with Gasteiger partial charge in [-0.15, -0.1) is 11.3 Å². The molecule has 5 nitrogen and oxygen atoms in total. The Balaban J connectivity index is 2.25. The van der Waals surface area contributed by atoms with E-state index in [0.29, 0.717) is 5.82 Å². The quantitative estimate of drug-likeness (QED) is 0.899. The SMILES string of the molecule is CCC(Nc1nccn(C)c1=O)c1nccs1. The predicted octanol–water partition coefficient (Wildman–Crippen LogP) is 1.80. The Bertz CT molecular complexity index is 535. The topological polar surface area (TPSA) is 59.8 Å². The standard InChI is InChI=1S/C11H14N4OS/c1-3-8(10-13-5-7-17-10)14-9-11(16)15(2)6-4-12-9/h4-8H,3H2,1-2H3,(H,12,14). The van der Waals surface area contributed by atoms with E-state index in [1.54, 1.807) is 37.0 Å². The van der Waals surface area contributed by atoms with Crippen LogP contribution in [0, 0.1) is 0 Å². The molecule has 17 heavy (non-hydrogen) atoms. The number of rotatable bonds is 4. The summed E-state index contributed by atoms with van der Waals surface area (Å²) in [5, 5.41) is 6.04. The first-order chi connectivity index (χ1) is 8.22. The van der Waals surface area contributed by atoms with E-state index in [4.69, 9.17) is 0 Å². The summed E-state index contributed by atoms with van der Waals surface area (Å²) in [6.45, 7) is 2.05. The Morgan fingerprint density at radius 2 is 2.29 bits per heavy atom. The average Bonchev–Trinajstić information content (AvgIpc) is 2.85. The van der Waals surface area contributed by atoms with Gasteiger partial charge >= 0.3 is 0 Å². The zero-order valence-electron chi connectivity index (χ0n) is 9.75. The van der Waals surface area contributed by atoms with Crippen molar-refractivity contribution in [3.05, 3.63) is 39.3 Å². The minimum Gasteiger partial charge on any atom is -0.356 e. The fraction of sp³-hybridized carbons (Fsp3) is 0.364. The lowest BCUT2D eigenvalue weighted by Crippen LogP contribution is -2.24. The first-order valence-electron chi connectivity index (χ1n) is 5.40. The Morgan fingerprint density at radius 3 is 2.94 bits per heavy atom. The monoisotopic (exact) mass is 250 g/mol. The van der Waals surface area contributed by atoms with E-state index in [1.165, 1.54) is 4.57 Å². The van der Waals surface area contributed by atoms with Gasteiger partial charge in [0.25, 0.3) is 5.56 Å². The summed E-state index contributed by atoms with van der Waals surface area (Å²) in [4.78, 5) is 20.1. The van der Waals surface area contributed by atoms with Gasteiger partial charge in [-0.25, -0.2) is 9.97 Å². The molecule has 0 fully saturated rings. The number of hydrogen-bond donors (Lipinski definition) is 1. The van der Waals surface area contributed by atoms with Gasteiger partial charge in [-0.2, -0.15) is 0 Å². The van der Waals surface area contributed by atoms with E-state index in [0.717, 1.165) is 11.4 Å². The van der Waals surface area contributed by atoms with Crippen molar-refractivity contribution in [3.63, 3.8) is 0 Å². The van der Waals surface area contributed by atoms with Crippen LogP contribution in [0.15, 0.2) is 28.8 Å². The van der Waals surface area contributed by atoms with Crippen LogP contribution in [0.1, 0.15) is 24.4 Å². The Kier molecular flexibility index (Phi) is 3.53. The Morgan fingerprint density at radius 1 is 1.47 bits per heavy atom. The molecule has 1 atom stereocenters. The molecule has 0 spiro atoms. The van der Waals surface area contributed by atoms with Gasteiger partial charge in [0.2, 0.25) is 0 Å². The lowest BCUT2D eigenvalue weighted by molar-refractivity contribution is 0.727. The summed E-state index contributed by atoms with van der Waals surface area (Å²) in [7, 11) is 1.71. The second-order valence-electron chi connectivity index (χ2n) is 3.67. The van der Waals surface area contributed by atoms with Crippen LogP contribution in [0.25, 0.3) is 0 Å². The van der Waals surface area contributed by atoms with Crippen LogP contribution < -0.4 is 10.9 Å². The third-order valence-corrected chi connectivity index (χ3v) is 3.37. The van der Waals surface area contributed by atoms with E-state index < -0.39 is 0 Å². The number of nitrogens with one attached hydrogen (secondary N) is 1. The molecular weight excluding hydrogens is 236 g/mol. The van der Waals surface area contributed by atoms with Crippen molar-refractivity contribution in [2.24, 2.45) is 7.05 Å². The minimum absolute atomic E-state index is 0.0394. The molecule has 2 aromatic heterocycles. The van der Waals surface area contributed by atoms with Crippen LogP contribution in [0.3, 0.4) is 0 Å². The number of aryl methyl sites for hydroxylation is 1. The van der Waals surface area contributed by atoms with Crippen LogP contribution in [-0.2, 0) is 7.05 Å². The first kappa shape index (κ1) is 11.8. The van der Waals surface area contributed by atoms with Gasteiger partial charge in [-0.3, -0.25) is 4.79 Å². The van der Waals surface area contributed by atoms with Crippen molar-refractivity contribution in [1.82, 2.24) is 14.5 Å². The van der Waals surface area contributed by atoms with Crippen LogP contribution in [0.2, 0.25) is 0 Å². The number of nitrogens with zero attached hydrogens (tertiary/aromatic N) is 3. The van der Waals surface area contributed by atoms with Crippen molar-refractivity contribution in [2.75, 3.05) is 5.32 Å². The Labute approximate surface area is 103 Å². The number of aromatic nitrogens is 3. The smallest absolute Gasteiger partial charge is 0.293 e. The van der Waals surface area contributed by atoms with Crippen LogP contribution in [0.4, 0.5) is 5.82 Å². The lowest BCUT2D eigenvalue weighted by atomic mass is 10.2. The van der Waals surface area contributed by atoms with Crippen LogP contribution >= 0.6 is 11.3 Å². The molecular formula is C11H14N4OS. The zero-order chi connectivity index (χ0) is 12.3. The predicted molar refractivity (Wildman–Crippen MR) is 68.2 cm³/mol. The minimum atomic E-state index is -0.123. The van der Waals surface area contributed by atoms with Crippen molar-refractivity contribution >= 4 is 17.2 Å². The van der Waals surface area contributed by atoms with Crippen LogP contribution in [0.5, 0.6) is 0 Å². The molecule has 0 aliphatic carbocycles. The molecule has 0 aliphatic heterocycles. The molecule has 0 amide bonds. The number of hydrogen-bond acceptors (Lipinski definition) is 5. The fourth-order valence-electron chi connectivity index (χ4n) is 1.51. The van der Waals surface area contributed by atoms with Crippen molar-refractivity contribution in [3.8, 4) is 0 Å². The second kappa shape index (κ2) is 5.09. The molecule has 1 N–H and O–H groups in total. The molecule has 6 heteroatoms. The summed E-state index contributed by atoms with van der Waals surface area (Å²) in [6.07, 6.45) is 5.87. The molecule has 2 rings (SSSR count). The van der Waals surface area contributed by atoms with E-state index in [2.05, 4.69) is 15.3 Å². The molecule has 0 radical (unpaired) electrons. The van der Waals surface area contributed by atoms with E-state index in [1.807, 2.05) is 12.3 Å². The average molecular weight is 250 g/mol. The van der Waals surface area contributed by atoms with Gasteiger partial charge in [0.1, 0.15) is 5.01 Å². The van der Waals surface area contributed by atoms with Crippen molar-refractivity contribution < 1.29 is 0 Å². The first-order valence-corrected chi connectivity index (χ1v) is 6.28. The van der Waals surface area contributed by atoms with Gasteiger partial charge in [0.05, 0.1) is 6.04 Å². The van der Waals surface area contributed by atoms with Crippen LogP contribution in [-0.4, -0.2) is 14.5 Å². The summed E-state index contributed by atoms with van der Waals surface area (Å²) >= 11 is 1.57. The molecule has 0 aromatic carbocycles. The zero-order valence-corrected chi connectivity index (χ0v) is 10.6. The molecule has 0 aliphatic rings. The summed E-state index contributed by atoms with van der Waals surface area (Å²) in [5.41, 5.74) is -0.123. The molecule has 0 saturated carbocycles. The Hall–Kier alpha value is -1.69. The maximum Gasteiger partial charge on any atom is 0.293 e. The van der Waals surface area contributed by atoms with Gasteiger partial charge in [-0.05, 0) is 6.42 Å². The van der Waals surface area contributed by atoms with Gasteiger partial charge in [0, 0.05) is 31.0 Å². The highest BCUT2D eigenvalue weighted by atomic mass is 32.1. The van der Waals surface area contributed by atoms with Crippen molar-refractivity contribution in [2.45, 2.75) is 19.4 Å². The molecule has 2 heterocycles. The lowest BCUT2D eigenvalue weighted by Gasteiger charge is -2.14. The maximum absolute atomic E-state index is 11.8. The summed E-state index contributed by atoms with van der Waals surface area (Å²) < 4.78 is 1.50. The van der Waals surface area contributed by atoms with Crippen molar-refractivity contribution in [1.29, 1.82) is 0 Å². The number of thiazole rings is 1. The van der Waals surface area contributed by atoms with Gasteiger partial charge in [0.15, 0.2) is 5.82 Å². The molecule has 0 saturated heterocycles. The summed E-state index contributed by atoms with van der Waals surface area (Å²) in [6, 6.07) is 0.0394. The van der Waals surface area contributed by atoms with E-state index in [-0.39, 0.29) is 11.6 Å². The highest BCUT2D eigenvalue weighted by molar-refractivity contribution is 7.09. The van der Waals surface area contributed by atoms with E-state index in [9.17, 15) is 4.79 Å². The maximum atomic E-state index is 11.8. The molecule has 2 aromatic rings. The highest BCUT2D eigenvalue weighted by Crippen LogP contribution is 2.21. The highest BCUT2D eigenvalue weighted by Gasteiger charge is 2.14. The molecule has 90 valence electrons. The normalized spacial score (nSPS) is 12.4. The van der Waals surface area contributed by atoms with E-state index >= 15 is 0 Å². The fourth-order valence-corrected chi connectivity index (χ4v) is 2.28. The summed E-state index contributed by atoms with van der Waals surface area (Å²) in [5.74, 6) is 0.372. The molecule has 0 bridgehead atoms.